The zero-order valence-electron chi connectivity index (χ0n) is 9.45. The minimum atomic E-state index is -0.685. The zero-order valence-corrected chi connectivity index (χ0v) is 9.45. The Morgan fingerprint density at radius 1 is 1.18 bits per heavy atom. The zero-order chi connectivity index (χ0) is 12.3. The van der Waals surface area contributed by atoms with E-state index in [1.54, 1.807) is 24.3 Å². The number of hydrogen-bond acceptors (Lipinski definition) is 4. The molecule has 92 valence electrons. The van der Waals surface area contributed by atoms with Crippen LogP contribution in [0.25, 0.3) is 0 Å². The van der Waals surface area contributed by atoms with Crippen molar-refractivity contribution in [1.82, 2.24) is 0 Å². The monoisotopic (exact) mass is 236 g/mol. The predicted octanol–water partition coefficient (Wildman–Crippen LogP) is 0.975. The normalized spacial score (nSPS) is 28.0. The first kappa shape index (κ1) is 12.1. The lowest BCUT2D eigenvalue weighted by molar-refractivity contribution is 0.0431. The van der Waals surface area contributed by atoms with E-state index < -0.39 is 12.2 Å². The molecule has 1 aromatic carbocycles. The molecule has 1 saturated carbocycles. The molecule has 0 amide bonds. The Hall–Kier alpha value is -1.39. The first-order valence-corrected chi connectivity index (χ1v) is 5.75. The summed E-state index contributed by atoms with van der Waals surface area (Å²) >= 11 is 0. The topological polar surface area (TPSA) is 66.8 Å². The van der Waals surface area contributed by atoms with Crippen LogP contribution in [0.3, 0.4) is 0 Å². The first-order valence-electron chi connectivity index (χ1n) is 5.75. The van der Waals surface area contributed by atoms with Crippen LogP contribution in [0.2, 0.25) is 0 Å². The number of carbonyl (C=O) groups is 1. The van der Waals surface area contributed by atoms with Crippen LogP contribution in [0.4, 0.5) is 0 Å². The van der Waals surface area contributed by atoms with Crippen molar-refractivity contribution in [1.29, 1.82) is 0 Å². The summed E-state index contributed by atoms with van der Waals surface area (Å²) in [5.74, 6) is -0.311. The molecule has 2 atom stereocenters. The summed E-state index contributed by atoms with van der Waals surface area (Å²) in [6, 6.07) is 8.78. The maximum absolute atomic E-state index is 11.6. The lowest BCUT2D eigenvalue weighted by atomic mass is 10.1. The SMILES string of the molecule is O=C(OCC1CC(O)C(O)C1)c1ccccc1. The van der Waals surface area contributed by atoms with E-state index in [0.717, 1.165) is 0 Å². The molecule has 2 rings (SSSR count). The Kier molecular flexibility index (Phi) is 3.76. The molecule has 2 unspecified atom stereocenters. The van der Waals surface area contributed by atoms with Gasteiger partial charge in [-0.05, 0) is 30.9 Å². The summed E-state index contributed by atoms with van der Waals surface area (Å²) in [7, 11) is 0. The third kappa shape index (κ3) is 3.05. The van der Waals surface area contributed by atoms with Crippen LogP contribution in [0.5, 0.6) is 0 Å². The van der Waals surface area contributed by atoms with E-state index in [-0.39, 0.29) is 18.5 Å². The van der Waals surface area contributed by atoms with Gasteiger partial charge in [0.15, 0.2) is 0 Å². The Bertz CT molecular complexity index is 366. The van der Waals surface area contributed by atoms with Crippen molar-refractivity contribution in [3.05, 3.63) is 35.9 Å². The molecule has 0 bridgehead atoms. The summed E-state index contributed by atoms with van der Waals surface area (Å²) in [6.07, 6.45) is -0.391. The number of aliphatic hydroxyl groups is 2. The second-order valence-corrected chi connectivity index (χ2v) is 4.44. The van der Waals surface area contributed by atoms with Gasteiger partial charge in [-0.15, -0.1) is 0 Å². The van der Waals surface area contributed by atoms with Gasteiger partial charge in [-0.2, -0.15) is 0 Å². The lowest BCUT2D eigenvalue weighted by Gasteiger charge is -2.09. The number of hydrogen-bond donors (Lipinski definition) is 2. The Labute approximate surface area is 99.8 Å². The molecule has 0 radical (unpaired) electrons. The summed E-state index contributed by atoms with van der Waals surface area (Å²) in [5, 5.41) is 18.7. The van der Waals surface area contributed by atoms with Gasteiger partial charge < -0.3 is 14.9 Å². The van der Waals surface area contributed by atoms with Crippen molar-refractivity contribution in [2.45, 2.75) is 25.0 Å². The number of carbonyl (C=O) groups excluding carboxylic acids is 1. The molecule has 0 aromatic heterocycles. The van der Waals surface area contributed by atoms with Crippen LogP contribution in [0.1, 0.15) is 23.2 Å². The van der Waals surface area contributed by atoms with Gasteiger partial charge >= 0.3 is 5.97 Å². The fraction of sp³-hybridized carbons (Fsp3) is 0.462. The molecule has 17 heavy (non-hydrogen) atoms. The van der Waals surface area contributed by atoms with Gasteiger partial charge in [-0.1, -0.05) is 18.2 Å². The first-order chi connectivity index (χ1) is 8.16. The Morgan fingerprint density at radius 2 is 1.76 bits per heavy atom. The summed E-state index contributed by atoms with van der Waals surface area (Å²) in [4.78, 5) is 11.6. The fourth-order valence-electron chi connectivity index (χ4n) is 2.08. The van der Waals surface area contributed by atoms with Gasteiger partial charge in [-0.3, -0.25) is 0 Å². The van der Waals surface area contributed by atoms with Gasteiger partial charge in [0.1, 0.15) is 0 Å². The largest absolute Gasteiger partial charge is 0.462 e. The highest BCUT2D eigenvalue weighted by Gasteiger charge is 2.32. The van der Waals surface area contributed by atoms with E-state index in [1.165, 1.54) is 0 Å². The molecule has 1 fully saturated rings. The second kappa shape index (κ2) is 5.29. The van der Waals surface area contributed by atoms with E-state index in [9.17, 15) is 15.0 Å². The van der Waals surface area contributed by atoms with E-state index in [0.29, 0.717) is 18.4 Å². The van der Waals surface area contributed by atoms with E-state index >= 15 is 0 Å². The molecule has 0 saturated heterocycles. The highest BCUT2D eigenvalue weighted by atomic mass is 16.5. The predicted molar refractivity (Wildman–Crippen MR) is 61.5 cm³/mol. The molecule has 0 heterocycles. The molecule has 1 aliphatic rings. The molecule has 1 aliphatic carbocycles. The molecule has 0 spiro atoms. The van der Waals surface area contributed by atoms with Crippen LogP contribution >= 0.6 is 0 Å². The molecule has 0 aliphatic heterocycles. The molecular weight excluding hydrogens is 220 g/mol. The highest BCUT2D eigenvalue weighted by molar-refractivity contribution is 5.89. The number of rotatable bonds is 3. The van der Waals surface area contributed by atoms with Gasteiger partial charge in [0.2, 0.25) is 0 Å². The Morgan fingerprint density at radius 3 is 2.35 bits per heavy atom. The average molecular weight is 236 g/mol. The average Bonchev–Trinajstić information content (AvgIpc) is 2.67. The van der Waals surface area contributed by atoms with Gasteiger partial charge in [0.25, 0.3) is 0 Å². The van der Waals surface area contributed by atoms with Gasteiger partial charge in [-0.25, -0.2) is 4.79 Å². The number of benzene rings is 1. The van der Waals surface area contributed by atoms with Crippen LogP contribution in [-0.2, 0) is 4.74 Å². The van der Waals surface area contributed by atoms with Crippen LogP contribution in [-0.4, -0.2) is 35.0 Å². The third-order valence-electron chi connectivity index (χ3n) is 3.05. The van der Waals surface area contributed by atoms with E-state index in [2.05, 4.69) is 0 Å². The van der Waals surface area contributed by atoms with Crippen molar-refractivity contribution in [3.63, 3.8) is 0 Å². The molecule has 4 heteroatoms. The van der Waals surface area contributed by atoms with E-state index in [4.69, 9.17) is 4.74 Å². The molecule has 4 nitrogen and oxygen atoms in total. The fourth-order valence-corrected chi connectivity index (χ4v) is 2.08. The van der Waals surface area contributed by atoms with Crippen molar-refractivity contribution in [2.75, 3.05) is 6.61 Å². The summed E-state index contributed by atoms with van der Waals surface area (Å²) in [5.41, 5.74) is 0.520. The summed E-state index contributed by atoms with van der Waals surface area (Å²) < 4.78 is 5.15. The van der Waals surface area contributed by atoms with Crippen molar-refractivity contribution in [3.8, 4) is 0 Å². The van der Waals surface area contributed by atoms with Crippen LogP contribution in [0.15, 0.2) is 30.3 Å². The molecule has 1 aromatic rings. The van der Waals surface area contributed by atoms with Gasteiger partial charge in [0, 0.05) is 0 Å². The second-order valence-electron chi connectivity index (χ2n) is 4.44. The smallest absolute Gasteiger partial charge is 0.338 e. The molecular formula is C13H16O4. The highest BCUT2D eigenvalue weighted by Crippen LogP contribution is 2.26. The maximum atomic E-state index is 11.6. The standard InChI is InChI=1S/C13H16O4/c14-11-6-9(7-12(11)15)8-17-13(16)10-4-2-1-3-5-10/h1-5,9,11-12,14-15H,6-8H2. The number of aliphatic hydroxyl groups excluding tert-OH is 2. The van der Waals surface area contributed by atoms with Crippen LogP contribution < -0.4 is 0 Å². The van der Waals surface area contributed by atoms with Crippen molar-refractivity contribution in [2.24, 2.45) is 5.92 Å². The molecule has 2 N–H and O–H groups in total. The quantitative estimate of drug-likeness (QED) is 0.768. The lowest BCUT2D eigenvalue weighted by Crippen LogP contribution is -2.17. The third-order valence-corrected chi connectivity index (χ3v) is 3.05. The number of esters is 1. The minimum absolute atomic E-state index is 0.0488. The van der Waals surface area contributed by atoms with Crippen molar-refractivity contribution < 1.29 is 19.7 Å². The summed E-state index contributed by atoms with van der Waals surface area (Å²) in [6.45, 7) is 0.252. The number of ether oxygens (including phenoxy) is 1. The maximum Gasteiger partial charge on any atom is 0.338 e. The van der Waals surface area contributed by atoms with Gasteiger partial charge in [0.05, 0.1) is 24.4 Å². The van der Waals surface area contributed by atoms with Crippen molar-refractivity contribution >= 4 is 5.97 Å². The van der Waals surface area contributed by atoms with E-state index in [1.807, 2.05) is 6.07 Å². The minimum Gasteiger partial charge on any atom is -0.462 e. The van der Waals surface area contributed by atoms with Crippen LogP contribution in [0, 0.1) is 5.92 Å². The Balaban J connectivity index is 1.81.